The lowest BCUT2D eigenvalue weighted by Gasteiger charge is -2.09. The topological polar surface area (TPSA) is 47.3 Å². The quantitative estimate of drug-likeness (QED) is 0.430. The molecule has 0 aromatic heterocycles. The number of nitrogens with one attached hydrogen (secondary N) is 1. The predicted molar refractivity (Wildman–Crippen MR) is 82.4 cm³/mol. The first-order valence-corrected chi connectivity index (χ1v) is 7.18. The number of anilines is 2. The molecule has 0 aliphatic carbocycles. The second-order valence-electron chi connectivity index (χ2n) is 3.99. The molecule has 0 aliphatic heterocycles. The molecule has 1 aromatic carbocycles. The van der Waals surface area contributed by atoms with Crippen LogP contribution < -0.4 is 11.1 Å². The lowest BCUT2D eigenvalue weighted by atomic mass is 10.3. The SMILES string of the molecule is CCCCOCCCNc1ccc(N)cc1I. The van der Waals surface area contributed by atoms with E-state index < -0.39 is 0 Å². The van der Waals surface area contributed by atoms with Gasteiger partial charge in [-0.3, -0.25) is 0 Å². The van der Waals surface area contributed by atoms with Gasteiger partial charge in [-0.15, -0.1) is 0 Å². The van der Waals surface area contributed by atoms with E-state index in [1.807, 2.05) is 18.2 Å². The summed E-state index contributed by atoms with van der Waals surface area (Å²) in [5, 5.41) is 3.39. The Morgan fingerprint density at radius 2 is 2.06 bits per heavy atom. The van der Waals surface area contributed by atoms with Crippen molar-refractivity contribution in [3.05, 3.63) is 21.8 Å². The fourth-order valence-corrected chi connectivity index (χ4v) is 2.15. The zero-order chi connectivity index (χ0) is 12.5. The highest BCUT2D eigenvalue weighted by molar-refractivity contribution is 14.1. The minimum Gasteiger partial charge on any atom is -0.399 e. The first-order valence-electron chi connectivity index (χ1n) is 6.10. The van der Waals surface area contributed by atoms with Crippen LogP contribution in [0.25, 0.3) is 0 Å². The van der Waals surface area contributed by atoms with E-state index in [9.17, 15) is 0 Å². The number of hydrogen-bond donors (Lipinski definition) is 2. The van der Waals surface area contributed by atoms with Crippen LogP contribution in [0.4, 0.5) is 11.4 Å². The Kier molecular flexibility index (Phi) is 7.35. The zero-order valence-corrected chi connectivity index (χ0v) is 12.5. The number of nitrogens with two attached hydrogens (primary N) is 1. The molecular formula is C13H21IN2O. The Labute approximate surface area is 117 Å². The van der Waals surface area contributed by atoms with Gasteiger partial charge in [0.05, 0.1) is 0 Å². The van der Waals surface area contributed by atoms with Gasteiger partial charge in [0.25, 0.3) is 0 Å². The maximum absolute atomic E-state index is 5.70. The van der Waals surface area contributed by atoms with Gasteiger partial charge in [-0.2, -0.15) is 0 Å². The second-order valence-corrected chi connectivity index (χ2v) is 5.15. The summed E-state index contributed by atoms with van der Waals surface area (Å²) in [6.07, 6.45) is 3.38. The van der Waals surface area contributed by atoms with E-state index >= 15 is 0 Å². The summed E-state index contributed by atoms with van der Waals surface area (Å²) in [7, 11) is 0. The number of hydrogen-bond acceptors (Lipinski definition) is 3. The van der Waals surface area contributed by atoms with E-state index in [0.29, 0.717) is 0 Å². The Morgan fingerprint density at radius 3 is 2.76 bits per heavy atom. The van der Waals surface area contributed by atoms with Crippen molar-refractivity contribution >= 4 is 34.0 Å². The Balaban J connectivity index is 2.14. The molecule has 0 fully saturated rings. The molecule has 0 aliphatic rings. The highest BCUT2D eigenvalue weighted by Gasteiger charge is 1.98. The Bertz CT molecular complexity index is 331. The van der Waals surface area contributed by atoms with Gasteiger partial charge in [0, 0.05) is 34.7 Å². The fourth-order valence-electron chi connectivity index (χ4n) is 1.42. The molecule has 4 heteroatoms. The van der Waals surface area contributed by atoms with Crippen molar-refractivity contribution in [1.82, 2.24) is 0 Å². The summed E-state index contributed by atoms with van der Waals surface area (Å²) in [4.78, 5) is 0. The van der Waals surface area contributed by atoms with E-state index in [2.05, 4.69) is 34.8 Å². The molecule has 0 atom stereocenters. The smallest absolute Gasteiger partial charge is 0.0482 e. The number of unbranched alkanes of at least 4 members (excludes halogenated alkanes) is 1. The Morgan fingerprint density at radius 1 is 1.29 bits per heavy atom. The lowest BCUT2D eigenvalue weighted by Crippen LogP contribution is -2.07. The van der Waals surface area contributed by atoms with Gasteiger partial charge in [0.15, 0.2) is 0 Å². The van der Waals surface area contributed by atoms with Crippen molar-refractivity contribution in [2.45, 2.75) is 26.2 Å². The lowest BCUT2D eigenvalue weighted by molar-refractivity contribution is 0.131. The van der Waals surface area contributed by atoms with Gasteiger partial charge in [0.1, 0.15) is 0 Å². The third kappa shape index (κ3) is 6.12. The van der Waals surface area contributed by atoms with Crippen LogP contribution in [0.15, 0.2) is 18.2 Å². The minimum absolute atomic E-state index is 0.808. The molecular weight excluding hydrogens is 327 g/mol. The van der Waals surface area contributed by atoms with Crippen LogP contribution in [-0.2, 0) is 4.74 Å². The van der Waals surface area contributed by atoms with Crippen LogP contribution in [0.1, 0.15) is 26.2 Å². The number of nitrogen functional groups attached to an aromatic ring is 1. The highest BCUT2D eigenvalue weighted by Crippen LogP contribution is 2.20. The van der Waals surface area contributed by atoms with Crippen LogP contribution in [0, 0.1) is 3.57 Å². The van der Waals surface area contributed by atoms with Crippen LogP contribution in [0.3, 0.4) is 0 Å². The molecule has 0 amide bonds. The van der Waals surface area contributed by atoms with Crippen LogP contribution in [0.2, 0.25) is 0 Å². The molecule has 0 spiro atoms. The summed E-state index contributed by atoms with van der Waals surface area (Å²) >= 11 is 2.29. The molecule has 1 aromatic rings. The molecule has 3 nitrogen and oxygen atoms in total. The largest absolute Gasteiger partial charge is 0.399 e. The minimum atomic E-state index is 0.808. The molecule has 0 saturated heterocycles. The molecule has 0 heterocycles. The van der Waals surface area contributed by atoms with Crippen LogP contribution >= 0.6 is 22.6 Å². The average Bonchev–Trinajstić information content (AvgIpc) is 2.30. The maximum atomic E-state index is 5.70. The number of rotatable bonds is 8. The monoisotopic (exact) mass is 348 g/mol. The fraction of sp³-hybridized carbons (Fsp3) is 0.538. The molecule has 96 valence electrons. The summed E-state index contributed by atoms with van der Waals surface area (Å²) in [5.41, 5.74) is 7.65. The second kappa shape index (κ2) is 8.58. The van der Waals surface area contributed by atoms with E-state index in [1.54, 1.807) is 0 Å². The molecule has 0 saturated carbocycles. The number of benzene rings is 1. The molecule has 0 radical (unpaired) electrons. The predicted octanol–water partition coefficient (Wildman–Crippen LogP) is 3.49. The highest BCUT2D eigenvalue weighted by atomic mass is 127. The van der Waals surface area contributed by atoms with Gasteiger partial charge >= 0.3 is 0 Å². The van der Waals surface area contributed by atoms with Crippen molar-refractivity contribution in [3.8, 4) is 0 Å². The number of ether oxygens (including phenoxy) is 1. The summed E-state index contributed by atoms with van der Waals surface area (Å²) in [6.45, 7) is 4.83. The van der Waals surface area contributed by atoms with Gasteiger partial charge < -0.3 is 15.8 Å². The van der Waals surface area contributed by atoms with Gasteiger partial charge in [-0.25, -0.2) is 0 Å². The van der Waals surface area contributed by atoms with Crippen molar-refractivity contribution in [2.75, 3.05) is 30.8 Å². The maximum Gasteiger partial charge on any atom is 0.0482 e. The normalized spacial score (nSPS) is 10.5. The van der Waals surface area contributed by atoms with Crippen molar-refractivity contribution in [1.29, 1.82) is 0 Å². The van der Waals surface area contributed by atoms with Gasteiger partial charge in [-0.05, 0) is 53.6 Å². The van der Waals surface area contributed by atoms with Gasteiger partial charge in [-0.1, -0.05) is 13.3 Å². The third-order valence-corrected chi connectivity index (χ3v) is 3.31. The molecule has 1 rings (SSSR count). The third-order valence-electron chi connectivity index (χ3n) is 2.42. The molecule has 3 N–H and O–H groups in total. The van der Waals surface area contributed by atoms with E-state index in [4.69, 9.17) is 10.5 Å². The molecule has 0 bridgehead atoms. The van der Waals surface area contributed by atoms with Crippen molar-refractivity contribution in [3.63, 3.8) is 0 Å². The zero-order valence-electron chi connectivity index (χ0n) is 10.3. The summed E-state index contributed by atoms with van der Waals surface area (Å²) < 4.78 is 6.66. The van der Waals surface area contributed by atoms with E-state index in [1.165, 1.54) is 6.42 Å². The van der Waals surface area contributed by atoms with Crippen LogP contribution in [-0.4, -0.2) is 19.8 Å². The van der Waals surface area contributed by atoms with E-state index in [0.717, 1.165) is 47.5 Å². The Hall–Kier alpha value is -0.490. The summed E-state index contributed by atoms with van der Waals surface area (Å²) in [6, 6.07) is 5.91. The van der Waals surface area contributed by atoms with Crippen molar-refractivity contribution < 1.29 is 4.74 Å². The van der Waals surface area contributed by atoms with Crippen LogP contribution in [0.5, 0.6) is 0 Å². The first-order chi connectivity index (χ1) is 8.24. The standard InChI is InChI=1S/C13H21IN2O/c1-2-3-8-17-9-4-7-16-13-6-5-11(15)10-12(13)14/h5-6,10,16H,2-4,7-9,15H2,1H3. The first kappa shape index (κ1) is 14.6. The molecule has 17 heavy (non-hydrogen) atoms. The van der Waals surface area contributed by atoms with E-state index in [-0.39, 0.29) is 0 Å². The van der Waals surface area contributed by atoms with Crippen molar-refractivity contribution in [2.24, 2.45) is 0 Å². The van der Waals surface area contributed by atoms with Gasteiger partial charge in [0.2, 0.25) is 0 Å². The number of halogens is 1. The molecule has 0 unspecified atom stereocenters. The summed E-state index contributed by atoms with van der Waals surface area (Å²) in [5.74, 6) is 0. The average molecular weight is 348 g/mol.